The van der Waals surface area contributed by atoms with Gasteiger partial charge in [0.1, 0.15) is 0 Å². The largest absolute Gasteiger partial charge is 0.130 e. The van der Waals surface area contributed by atoms with Gasteiger partial charge in [-0.05, 0) is 36.3 Å². The van der Waals surface area contributed by atoms with E-state index in [9.17, 15) is 0 Å². The van der Waals surface area contributed by atoms with Crippen molar-refractivity contribution < 1.29 is 0 Å². The highest BCUT2D eigenvalue weighted by atomic mass is 32.2. The molecule has 0 bridgehead atoms. The van der Waals surface area contributed by atoms with Crippen molar-refractivity contribution in [3.63, 3.8) is 0 Å². The van der Waals surface area contributed by atoms with Gasteiger partial charge >= 0.3 is 0 Å². The van der Waals surface area contributed by atoms with Crippen LogP contribution in [-0.4, -0.2) is 6.26 Å². The normalized spacial score (nSPS) is 12.8. The molecule has 0 saturated carbocycles. The topological polar surface area (TPSA) is 0 Å². The third-order valence-electron chi connectivity index (χ3n) is 2.41. The molecule has 72 valence electrons. The maximum Gasteiger partial charge on any atom is 0.00693 e. The summed E-state index contributed by atoms with van der Waals surface area (Å²) in [6.45, 7) is 4.55. The Morgan fingerprint density at radius 2 is 1.85 bits per heavy atom. The molecule has 0 N–H and O–H groups in total. The summed E-state index contributed by atoms with van der Waals surface area (Å²) < 4.78 is 0. The first-order chi connectivity index (χ1) is 6.27. The Bertz CT molecular complexity index is 238. The van der Waals surface area contributed by atoms with Gasteiger partial charge in [-0.25, -0.2) is 0 Å². The first-order valence-corrected chi connectivity index (χ1v) is 6.14. The summed E-state index contributed by atoms with van der Waals surface area (Å²) in [6.07, 6.45) is 4.68. The molecule has 0 amide bonds. The summed E-state index contributed by atoms with van der Waals surface area (Å²) in [5.41, 5.74) is 1.47. The number of rotatable bonds is 4. The van der Waals surface area contributed by atoms with Crippen LogP contribution in [0.1, 0.15) is 38.2 Å². The fourth-order valence-corrected chi connectivity index (χ4v) is 1.94. The van der Waals surface area contributed by atoms with E-state index >= 15 is 0 Å². The molecule has 0 heterocycles. The predicted molar refractivity (Wildman–Crippen MR) is 61.5 cm³/mol. The van der Waals surface area contributed by atoms with Crippen LogP contribution in [0, 0.1) is 0 Å². The zero-order valence-electron chi connectivity index (χ0n) is 8.71. The summed E-state index contributed by atoms with van der Waals surface area (Å²) in [5.74, 6) is 0.709. The highest BCUT2D eigenvalue weighted by Gasteiger charge is 2.03. The van der Waals surface area contributed by atoms with Crippen molar-refractivity contribution in [1.82, 2.24) is 0 Å². The molecule has 0 aliphatic heterocycles. The molecule has 0 saturated heterocycles. The van der Waals surface area contributed by atoms with Gasteiger partial charge in [-0.15, -0.1) is 11.8 Å². The SMILES string of the molecule is CCCC(C)c1ccc(SC)cc1. The van der Waals surface area contributed by atoms with E-state index in [1.807, 2.05) is 0 Å². The van der Waals surface area contributed by atoms with Crippen LogP contribution in [0.4, 0.5) is 0 Å². The van der Waals surface area contributed by atoms with E-state index in [1.165, 1.54) is 23.3 Å². The summed E-state index contributed by atoms with van der Waals surface area (Å²) in [6, 6.07) is 8.94. The van der Waals surface area contributed by atoms with Crippen LogP contribution in [0.15, 0.2) is 29.2 Å². The van der Waals surface area contributed by atoms with Gasteiger partial charge in [0, 0.05) is 4.90 Å². The van der Waals surface area contributed by atoms with Gasteiger partial charge < -0.3 is 0 Å². The van der Waals surface area contributed by atoms with Crippen LogP contribution in [0.3, 0.4) is 0 Å². The highest BCUT2D eigenvalue weighted by molar-refractivity contribution is 7.98. The summed E-state index contributed by atoms with van der Waals surface area (Å²) >= 11 is 1.80. The van der Waals surface area contributed by atoms with Gasteiger partial charge in [0.05, 0.1) is 0 Å². The first-order valence-electron chi connectivity index (χ1n) is 4.92. The molecule has 0 aliphatic rings. The molecule has 1 unspecified atom stereocenters. The quantitative estimate of drug-likeness (QED) is 0.643. The van der Waals surface area contributed by atoms with Crippen LogP contribution < -0.4 is 0 Å². The molecule has 13 heavy (non-hydrogen) atoms. The fraction of sp³-hybridized carbons (Fsp3) is 0.500. The van der Waals surface area contributed by atoms with Gasteiger partial charge in [0.2, 0.25) is 0 Å². The van der Waals surface area contributed by atoms with Crippen molar-refractivity contribution in [1.29, 1.82) is 0 Å². The molecule has 1 rings (SSSR count). The van der Waals surface area contributed by atoms with E-state index in [0.717, 1.165) is 0 Å². The van der Waals surface area contributed by atoms with E-state index in [4.69, 9.17) is 0 Å². The summed E-state index contributed by atoms with van der Waals surface area (Å²) in [7, 11) is 0. The number of thioether (sulfide) groups is 1. The second-order valence-electron chi connectivity index (χ2n) is 3.46. The first kappa shape index (κ1) is 10.6. The predicted octanol–water partition coefficient (Wildman–Crippen LogP) is 4.31. The van der Waals surface area contributed by atoms with Crippen LogP contribution in [0.5, 0.6) is 0 Å². The number of benzene rings is 1. The molecule has 0 nitrogen and oxygen atoms in total. The number of hydrogen-bond acceptors (Lipinski definition) is 1. The Morgan fingerprint density at radius 1 is 1.23 bits per heavy atom. The minimum atomic E-state index is 0.709. The van der Waals surface area contributed by atoms with Gasteiger partial charge in [-0.1, -0.05) is 32.4 Å². The summed E-state index contributed by atoms with van der Waals surface area (Å²) in [4.78, 5) is 1.35. The van der Waals surface area contributed by atoms with E-state index in [1.54, 1.807) is 11.8 Å². The molecular formula is C12H18S. The molecule has 0 aliphatic carbocycles. The van der Waals surface area contributed by atoms with Crippen LogP contribution >= 0.6 is 11.8 Å². The van der Waals surface area contributed by atoms with Crippen LogP contribution in [-0.2, 0) is 0 Å². The van der Waals surface area contributed by atoms with E-state index in [0.29, 0.717) is 5.92 Å². The lowest BCUT2D eigenvalue weighted by atomic mass is 9.97. The van der Waals surface area contributed by atoms with Crippen molar-refractivity contribution in [3.8, 4) is 0 Å². The molecular weight excluding hydrogens is 176 g/mol. The van der Waals surface area contributed by atoms with Crippen LogP contribution in [0.2, 0.25) is 0 Å². The fourth-order valence-electron chi connectivity index (χ4n) is 1.53. The van der Waals surface area contributed by atoms with Crippen molar-refractivity contribution in [2.24, 2.45) is 0 Å². The van der Waals surface area contributed by atoms with Crippen molar-refractivity contribution in [2.45, 2.75) is 37.5 Å². The third kappa shape index (κ3) is 3.07. The zero-order chi connectivity index (χ0) is 9.68. The van der Waals surface area contributed by atoms with Crippen molar-refractivity contribution in [3.05, 3.63) is 29.8 Å². The lowest BCUT2D eigenvalue weighted by Gasteiger charge is -2.10. The van der Waals surface area contributed by atoms with E-state index < -0.39 is 0 Å². The van der Waals surface area contributed by atoms with Crippen molar-refractivity contribution in [2.75, 3.05) is 6.26 Å². The minimum absolute atomic E-state index is 0.709. The molecule has 1 atom stereocenters. The second-order valence-corrected chi connectivity index (χ2v) is 4.34. The monoisotopic (exact) mass is 194 g/mol. The molecule has 0 fully saturated rings. The second kappa shape index (κ2) is 5.33. The standard InChI is InChI=1S/C12H18S/c1-4-5-10(2)11-6-8-12(13-3)9-7-11/h6-10H,4-5H2,1-3H3. The van der Waals surface area contributed by atoms with Gasteiger partial charge in [-0.2, -0.15) is 0 Å². The maximum atomic E-state index is 2.30. The zero-order valence-corrected chi connectivity index (χ0v) is 9.53. The Kier molecular flexibility index (Phi) is 4.37. The highest BCUT2D eigenvalue weighted by Crippen LogP contribution is 2.23. The molecule has 1 aromatic rings. The average Bonchev–Trinajstić information content (AvgIpc) is 2.18. The lowest BCUT2D eigenvalue weighted by Crippen LogP contribution is -1.91. The Hall–Kier alpha value is -0.430. The Balaban J connectivity index is 2.67. The smallest absolute Gasteiger partial charge is 0.00693 e. The van der Waals surface area contributed by atoms with Gasteiger partial charge in [0.25, 0.3) is 0 Å². The van der Waals surface area contributed by atoms with Crippen molar-refractivity contribution >= 4 is 11.8 Å². The maximum absolute atomic E-state index is 2.30. The molecule has 0 aromatic heterocycles. The minimum Gasteiger partial charge on any atom is -0.130 e. The van der Waals surface area contributed by atoms with Crippen LogP contribution in [0.25, 0.3) is 0 Å². The van der Waals surface area contributed by atoms with E-state index in [-0.39, 0.29) is 0 Å². The van der Waals surface area contributed by atoms with Gasteiger partial charge in [0.15, 0.2) is 0 Å². The Labute approximate surface area is 85.7 Å². The Morgan fingerprint density at radius 3 is 2.31 bits per heavy atom. The van der Waals surface area contributed by atoms with E-state index in [2.05, 4.69) is 44.4 Å². The average molecular weight is 194 g/mol. The summed E-state index contributed by atoms with van der Waals surface area (Å²) in [5, 5.41) is 0. The van der Waals surface area contributed by atoms with Gasteiger partial charge in [-0.3, -0.25) is 0 Å². The molecule has 0 spiro atoms. The number of hydrogen-bond donors (Lipinski definition) is 0. The molecule has 1 heteroatoms. The third-order valence-corrected chi connectivity index (χ3v) is 3.15. The molecule has 0 radical (unpaired) electrons. The lowest BCUT2D eigenvalue weighted by molar-refractivity contribution is 0.664. The molecule has 1 aromatic carbocycles.